The predicted molar refractivity (Wildman–Crippen MR) is 84.7 cm³/mol. The third kappa shape index (κ3) is 2.57. The highest BCUT2D eigenvalue weighted by molar-refractivity contribution is 7.09. The van der Waals surface area contributed by atoms with Crippen LogP contribution in [-0.4, -0.2) is 22.5 Å². The van der Waals surface area contributed by atoms with Crippen LogP contribution in [0.2, 0.25) is 0 Å². The van der Waals surface area contributed by atoms with Crippen molar-refractivity contribution in [1.29, 1.82) is 0 Å². The Bertz CT molecular complexity index is 835. The number of methoxy groups -OCH3 is 1. The normalized spacial score (nSPS) is 10.9. The first-order valence-electron chi connectivity index (χ1n) is 6.82. The summed E-state index contributed by atoms with van der Waals surface area (Å²) >= 11 is 1.57. The third-order valence-corrected chi connectivity index (χ3v) is 4.43. The van der Waals surface area contributed by atoms with Crippen LogP contribution in [0.25, 0.3) is 5.52 Å². The monoisotopic (exact) mass is 316 g/mol. The number of carbonyl (C=O) groups excluding carboxylic acids is 1. The van der Waals surface area contributed by atoms with Crippen molar-refractivity contribution in [2.45, 2.75) is 20.5 Å². The van der Waals surface area contributed by atoms with Crippen LogP contribution in [0.5, 0.6) is 5.75 Å². The van der Waals surface area contributed by atoms with Gasteiger partial charge in [-0.1, -0.05) is 0 Å². The molecular weight excluding hydrogens is 300 g/mol. The van der Waals surface area contributed by atoms with Crippen LogP contribution in [0.3, 0.4) is 0 Å². The van der Waals surface area contributed by atoms with Crippen molar-refractivity contribution in [3.05, 3.63) is 51.7 Å². The lowest BCUT2D eigenvalue weighted by Crippen LogP contribution is -2.07. The molecule has 114 valence electrons. The van der Waals surface area contributed by atoms with E-state index in [1.807, 2.05) is 43.8 Å². The van der Waals surface area contributed by atoms with Gasteiger partial charge < -0.3 is 13.9 Å². The molecule has 0 amide bonds. The van der Waals surface area contributed by atoms with E-state index in [9.17, 15) is 4.79 Å². The molecule has 3 aromatic heterocycles. The predicted octanol–water partition coefficient (Wildman–Crippen LogP) is 3.38. The lowest BCUT2D eigenvalue weighted by atomic mass is 10.3. The Balaban J connectivity index is 1.91. The van der Waals surface area contributed by atoms with E-state index < -0.39 is 0 Å². The molecule has 0 aliphatic heterocycles. The molecule has 0 N–H and O–H groups in total. The molecule has 0 saturated carbocycles. The summed E-state index contributed by atoms with van der Waals surface area (Å²) in [5.41, 5.74) is 5.12. The second kappa shape index (κ2) is 5.81. The number of pyridine rings is 1. The molecule has 0 aliphatic rings. The Morgan fingerprint density at radius 2 is 2.18 bits per heavy atom. The first kappa shape index (κ1) is 14.6. The number of hydrogen-bond acceptors (Lipinski definition) is 5. The summed E-state index contributed by atoms with van der Waals surface area (Å²) in [5.74, 6) is 0.342. The number of fused-ring (bicyclic) bond motifs is 1. The summed E-state index contributed by atoms with van der Waals surface area (Å²) in [6.07, 6.45) is 1.81. The van der Waals surface area contributed by atoms with E-state index in [-0.39, 0.29) is 5.97 Å². The Morgan fingerprint density at radius 1 is 1.36 bits per heavy atom. The first-order chi connectivity index (χ1) is 10.6. The molecule has 0 atom stereocenters. The standard InChI is InChI=1S/C16H16N2O3S/c1-10-6-12-4-5-13(7-18(12)15(10)16(19)20-3)21-8-14-11(2)17-9-22-14/h4-7,9H,8H2,1-3H3. The summed E-state index contributed by atoms with van der Waals surface area (Å²) in [4.78, 5) is 17.2. The van der Waals surface area contributed by atoms with Crippen LogP contribution in [0.1, 0.15) is 26.6 Å². The van der Waals surface area contributed by atoms with Crippen LogP contribution in [0.4, 0.5) is 0 Å². The van der Waals surface area contributed by atoms with Crippen molar-refractivity contribution < 1.29 is 14.3 Å². The molecule has 0 radical (unpaired) electrons. The quantitative estimate of drug-likeness (QED) is 0.692. The number of aromatic nitrogens is 2. The van der Waals surface area contributed by atoms with E-state index in [0.29, 0.717) is 18.1 Å². The minimum Gasteiger partial charge on any atom is -0.486 e. The van der Waals surface area contributed by atoms with E-state index in [4.69, 9.17) is 9.47 Å². The smallest absolute Gasteiger partial charge is 0.355 e. The summed E-state index contributed by atoms with van der Waals surface area (Å²) < 4.78 is 12.5. The number of esters is 1. The van der Waals surface area contributed by atoms with Gasteiger partial charge in [-0.3, -0.25) is 0 Å². The topological polar surface area (TPSA) is 52.8 Å². The van der Waals surface area contributed by atoms with Crippen molar-refractivity contribution in [1.82, 2.24) is 9.38 Å². The van der Waals surface area contributed by atoms with Crippen LogP contribution >= 0.6 is 11.3 Å². The zero-order valence-corrected chi connectivity index (χ0v) is 13.4. The molecular formula is C16H16N2O3S. The van der Waals surface area contributed by atoms with Gasteiger partial charge in [0.1, 0.15) is 18.1 Å². The lowest BCUT2D eigenvalue weighted by molar-refractivity contribution is 0.0592. The van der Waals surface area contributed by atoms with E-state index in [1.165, 1.54) is 7.11 Å². The van der Waals surface area contributed by atoms with Crippen molar-refractivity contribution in [2.24, 2.45) is 0 Å². The maximum Gasteiger partial charge on any atom is 0.355 e. The van der Waals surface area contributed by atoms with Crippen LogP contribution in [0, 0.1) is 13.8 Å². The molecule has 0 aromatic carbocycles. The minimum atomic E-state index is -0.354. The highest BCUT2D eigenvalue weighted by Gasteiger charge is 2.16. The highest BCUT2D eigenvalue weighted by atomic mass is 32.1. The Kier molecular flexibility index (Phi) is 3.85. The second-order valence-electron chi connectivity index (χ2n) is 4.98. The van der Waals surface area contributed by atoms with Gasteiger partial charge in [0.25, 0.3) is 0 Å². The van der Waals surface area contributed by atoms with Crippen LogP contribution < -0.4 is 4.74 Å². The number of nitrogens with zero attached hydrogens (tertiary/aromatic N) is 2. The molecule has 6 heteroatoms. The molecule has 0 bridgehead atoms. The number of aryl methyl sites for hydroxylation is 2. The molecule has 5 nitrogen and oxygen atoms in total. The lowest BCUT2D eigenvalue weighted by Gasteiger charge is -2.08. The summed E-state index contributed by atoms with van der Waals surface area (Å²) in [6, 6.07) is 5.77. The van der Waals surface area contributed by atoms with Gasteiger partial charge in [-0.15, -0.1) is 11.3 Å². The van der Waals surface area contributed by atoms with Crippen molar-refractivity contribution >= 4 is 22.8 Å². The van der Waals surface area contributed by atoms with Crippen molar-refractivity contribution in [3.8, 4) is 5.75 Å². The van der Waals surface area contributed by atoms with Gasteiger partial charge in [-0.05, 0) is 37.6 Å². The Hall–Kier alpha value is -2.34. The van der Waals surface area contributed by atoms with E-state index in [1.54, 1.807) is 15.7 Å². The van der Waals surface area contributed by atoms with E-state index in [2.05, 4.69) is 4.98 Å². The van der Waals surface area contributed by atoms with E-state index in [0.717, 1.165) is 21.7 Å². The van der Waals surface area contributed by atoms with E-state index >= 15 is 0 Å². The summed E-state index contributed by atoms with van der Waals surface area (Å²) in [6.45, 7) is 4.32. The highest BCUT2D eigenvalue weighted by Crippen LogP contribution is 2.22. The number of hydrogen-bond donors (Lipinski definition) is 0. The van der Waals surface area contributed by atoms with Gasteiger partial charge in [0.2, 0.25) is 0 Å². The molecule has 0 fully saturated rings. The molecule has 22 heavy (non-hydrogen) atoms. The Morgan fingerprint density at radius 3 is 2.86 bits per heavy atom. The third-order valence-electron chi connectivity index (χ3n) is 3.53. The van der Waals surface area contributed by atoms with Crippen molar-refractivity contribution in [3.63, 3.8) is 0 Å². The molecule has 0 spiro atoms. The van der Waals surface area contributed by atoms with Gasteiger partial charge >= 0.3 is 5.97 Å². The largest absolute Gasteiger partial charge is 0.486 e. The molecule has 3 rings (SSSR count). The fraction of sp³-hybridized carbons (Fsp3) is 0.250. The Labute approximate surface area is 132 Å². The fourth-order valence-electron chi connectivity index (χ4n) is 2.34. The summed E-state index contributed by atoms with van der Waals surface area (Å²) in [7, 11) is 1.38. The average Bonchev–Trinajstić information content (AvgIpc) is 3.06. The van der Waals surface area contributed by atoms with Gasteiger partial charge in [0.15, 0.2) is 0 Å². The number of carbonyl (C=O) groups is 1. The molecule has 0 unspecified atom stereocenters. The molecule has 3 aromatic rings. The minimum absolute atomic E-state index is 0.354. The second-order valence-corrected chi connectivity index (χ2v) is 5.92. The molecule has 0 saturated heterocycles. The number of thiazole rings is 1. The van der Waals surface area contributed by atoms with Gasteiger partial charge in [0, 0.05) is 5.52 Å². The van der Waals surface area contributed by atoms with Crippen molar-refractivity contribution in [2.75, 3.05) is 7.11 Å². The van der Waals surface area contributed by atoms with Gasteiger partial charge in [-0.2, -0.15) is 0 Å². The first-order valence-corrected chi connectivity index (χ1v) is 7.70. The van der Waals surface area contributed by atoms with Crippen LogP contribution in [-0.2, 0) is 11.3 Å². The van der Waals surface area contributed by atoms with Crippen LogP contribution in [0.15, 0.2) is 29.9 Å². The zero-order chi connectivity index (χ0) is 15.7. The van der Waals surface area contributed by atoms with Gasteiger partial charge in [-0.25, -0.2) is 9.78 Å². The maximum absolute atomic E-state index is 11.9. The average molecular weight is 316 g/mol. The molecule has 3 heterocycles. The fourth-order valence-corrected chi connectivity index (χ4v) is 3.03. The SMILES string of the molecule is COC(=O)c1c(C)cc2ccc(OCc3scnc3C)cn12. The number of ether oxygens (including phenoxy) is 2. The maximum atomic E-state index is 11.9. The number of rotatable bonds is 4. The summed E-state index contributed by atoms with van der Waals surface area (Å²) in [5, 5.41) is 0. The zero-order valence-electron chi connectivity index (χ0n) is 12.6. The molecule has 0 aliphatic carbocycles. The van der Waals surface area contributed by atoms with Gasteiger partial charge in [0.05, 0.1) is 29.4 Å².